The van der Waals surface area contributed by atoms with Crippen molar-refractivity contribution in [3.63, 3.8) is 0 Å². The number of amides is 2. The summed E-state index contributed by atoms with van der Waals surface area (Å²) < 4.78 is 37.8. The molecule has 29 heavy (non-hydrogen) atoms. The molecule has 0 aliphatic rings. The van der Waals surface area contributed by atoms with Gasteiger partial charge in [-0.2, -0.15) is 13.2 Å². The summed E-state index contributed by atoms with van der Waals surface area (Å²) in [5.41, 5.74) is 6.34. The number of nitrogens with two attached hydrogens (primary N) is 1. The molecule has 3 rings (SSSR count). The number of carbonyl (C=O) groups excluding carboxylic acids is 2. The molecule has 1 atom stereocenters. The minimum Gasteiger partial charge on any atom is -0.368 e. The van der Waals surface area contributed by atoms with Crippen LogP contribution in [0.15, 0.2) is 60.7 Å². The molecule has 3 aromatic rings. The molecule has 0 saturated heterocycles. The van der Waals surface area contributed by atoms with Crippen LogP contribution in [-0.2, 0) is 28.6 Å². The highest BCUT2D eigenvalue weighted by molar-refractivity contribution is 5.87. The third-order valence-corrected chi connectivity index (χ3v) is 4.39. The van der Waals surface area contributed by atoms with Crippen LogP contribution < -0.4 is 11.1 Å². The van der Waals surface area contributed by atoms with Gasteiger partial charge in [-0.15, -0.1) is 0 Å². The van der Waals surface area contributed by atoms with E-state index >= 15 is 0 Å². The van der Waals surface area contributed by atoms with Gasteiger partial charge in [0.15, 0.2) is 0 Å². The Morgan fingerprint density at radius 2 is 1.69 bits per heavy atom. The summed E-state index contributed by atoms with van der Waals surface area (Å²) in [6.45, 7) is 0. The standard InChI is InChI=1S/C21H18F3N3O2/c22-21(23,24)15-8-5-13(6-9-15)11-19(28)27-18(20(25)29)12-16-10-7-14-3-1-2-4-17(14)26-16/h1-10,18H,11-12H2,(H2,25,29)(H,27,28)/t18-/m1/s1. The van der Waals surface area contributed by atoms with Gasteiger partial charge in [-0.1, -0.05) is 36.4 Å². The average Bonchev–Trinajstić information content (AvgIpc) is 2.67. The van der Waals surface area contributed by atoms with Crippen LogP contribution in [0.4, 0.5) is 13.2 Å². The molecule has 5 nitrogen and oxygen atoms in total. The number of aromatic nitrogens is 1. The van der Waals surface area contributed by atoms with E-state index < -0.39 is 29.6 Å². The molecule has 1 heterocycles. The predicted molar refractivity (Wildman–Crippen MR) is 102 cm³/mol. The molecule has 3 N–H and O–H groups in total. The fraction of sp³-hybridized carbons (Fsp3) is 0.190. The van der Waals surface area contributed by atoms with Gasteiger partial charge < -0.3 is 11.1 Å². The van der Waals surface area contributed by atoms with Crippen molar-refractivity contribution >= 4 is 22.7 Å². The van der Waals surface area contributed by atoms with Gasteiger partial charge in [-0.05, 0) is 29.8 Å². The number of hydrogen-bond acceptors (Lipinski definition) is 3. The molecule has 0 fully saturated rings. The van der Waals surface area contributed by atoms with Gasteiger partial charge >= 0.3 is 6.18 Å². The van der Waals surface area contributed by atoms with Gasteiger partial charge in [0.2, 0.25) is 11.8 Å². The van der Waals surface area contributed by atoms with Crippen LogP contribution in [0.2, 0.25) is 0 Å². The second kappa shape index (κ2) is 8.30. The maximum atomic E-state index is 12.6. The fourth-order valence-corrected chi connectivity index (χ4v) is 2.90. The van der Waals surface area contributed by atoms with Gasteiger partial charge in [-0.25, -0.2) is 0 Å². The number of rotatable bonds is 6. The first-order valence-electron chi connectivity index (χ1n) is 8.82. The van der Waals surface area contributed by atoms with E-state index in [4.69, 9.17) is 5.73 Å². The van der Waals surface area contributed by atoms with E-state index in [2.05, 4.69) is 10.3 Å². The van der Waals surface area contributed by atoms with Crippen LogP contribution in [0.3, 0.4) is 0 Å². The number of benzene rings is 2. The summed E-state index contributed by atoms with van der Waals surface area (Å²) in [4.78, 5) is 28.5. The van der Waals surface area contributed by atoms with Crippen molar-refractivity contribution < 1.29 is 22.8 Å². The molecule has 0 spiro atoms. The maximum Gasteiger partial charge on any atom is 0.416 e. The summed E-state index contributed by atoms with van der Waals surface area (Å²) in [6, 6.07) is 14.4. The van der Waals surface area contributed by atoms with E-state index in [9.17, 15) is 22.8 Å². The minimum absolute atomic E-state index is 0.110. The van der Waals surface area contributed by atoms with Crippen LogP contribution in [-0.4, -0.2) is 22.8 Å². The monoisotopic (exact) mass is 401 g/mol. The highest BCUT2D eigenvalue weighted by atomic mass is 19.4. The van der Waals surface area contributed by atoms with Crippen molar-refractivity contribution in [1.82, 2.24) is 10.3 Å². The van der Waals surface area contributed by atoms with Gasteiger partial charge in [0.05, 0.1) is 17.5 Å². The van der Waals surface area contributed by atoms with Crippen LogP contribution in [0.1, 0.15) is 16.8 Å². The lowest BCUT2D eigenvalue weighted by Gasteiger charge is -2.16. The van der Waals surface area contributed by atoms with Gasteiger partial charge in [0.25, 0.3) is 0 Å². The predicted octanol–water partition coefficient (Wildman–Crippen LogP) is 3.01. The highest BCUT2D eigenvalue weighted by Gasteiger charge is 2.30. The quantitative estimate of drug-likeness (QED) is 0.666. The molecular formula is C21H18F3N3O2. The zero-order valence-electron chi connectivity index (χ0n) is 15.2. The molecule has 2 aromatic carbocycles. The topological polar surface area (TPSA) is 85.1 Å². The molecule has 0 saturated carbocycles. The maximum absolute atomic E-state index is 12.6. The van der Waals surface area contributed by atoms with E-state index in [1.165, 1.54) is 12.1 Å². The second-order valence-electron chi connectivity index (χ2n) is 6.59. The van der Waals surface area contributed by atoms with Crippen molar-refractivity contribution in [3.05, 3.63) is 77.5 Å². The Labute approximate surface area is 164 Å². The Kier molecular flexibility index (Phi) is 5.81. The van der Waals surface area contributed by atoms with Crippen molar-refractivity contribution in [2.45, 2.75) is 25.1 Å². The number of halogens is 3. The molecular weight excluding hydrogens is 383 g/mol. The number of pyridine rings is 1. The van der Waals surface area contributed by atoms with Gasteiger partial charge in [0, 0.05) is 17.5 Å². The van der Waals surface area contributed by atoms with Crippen LogP contribution in [0, 0.1) is 0 Å². The van der Waals surface area contributed by atoms with Crippen molar-refractivity contribution in [2.75, 3.05) is 0 Å². The Morgan fingerprint density at radius 1 is 1.00 bits per heavy atom. The van der Waals surface area contributed by atoms with Crippen LogP contribution >= 0.6 is 0 Å². The number of primary amides is 1. The van der Waals surface area contributed by atoms with Crippen molar-refractivity contribution in [3.8, 4) is 0 Å². The number of nitrogens with one attached hydrogen (secondary N) is 1. The minimum atomic E-state index is -4.44. The van der Waals surface area contributed by atoms with E-state index in [1.54, 1.807) is 6.07 Å². The molecule has 0 bridgehead atoms. The third-order valence-electron chi connectivity index (χ3n) is 4.39. The van der Waals surface area contributed by atoms with E-state index in [-0.39, 0.29) is 12.8 Å². The first kappa shape index (κ1) is 20.3. The molecule has 0 aliphatic heterocycles. The molecule has 0 unspecified atom stereocenters. The first-order chi connectivity index (χ1) is 13.7. The Morgan fingerprint density at radius 3 is 2.34 bits per heavy atom. The molecule has 0 radical (unpaired) electrons. The molecule has 1 aromatic heterocycles. The molecule has 150 valence electrons. The Balaban J connectivity index is 1.66. The van der Waals surface area contributed by atoms with Crippen molar-refractivity contribution in [1.29, 1.82) is 0 Å². The third kappa shape index (κ3) is 5.31. The number of alkyl halides is 3. The SMILES string of the molecule is NC(=O)[C@@H](Cc1ccc2ccccc2n1)NC(=O)Cc1ccc(C(F)(F)F)cc1. The number of carbonyl (C=O) groups is 2. The summed E-state index contributed by atoms with van der Waals surface area (Å²) in [7, 11) is 0. The average molecular weight is 401 g/mol. The number of nitrogens with zero attached hydrogens (tertiary/aromatic N) is 1. The molecule has 8 heteroatoms. The lowest BCUT2D eigenvalue weighted by Crippen LogP contribution is -2.46. The zero-order chi connectivity index (χ0) is 21.0. The number of fused-ring (bicyclic) bond motifs is 1. The van der Waals surface area contributed by atoms with E-state index in [1.807, 2.05) is 30.3 Å². The highest BCUT2D eigenvalue weighted by Crippen LogP contribution is 2.29. The second-order valence-corrected chi connectivity index (χ2v) is 6.59. The summed E-state index contributed by atoms with van der Waals surface area (Å²) in [5.74, 6) is -1.24. The normalized spacial score (nSPS) is 12.5. The summed E-state index contributed by atoms with van der Waals surface area (Å²) in [5, 5.41) is 3.47. The van der Waals surface area contributed by atoms with Crippen LogP contribution in [0.5, 0.6) is 0 Å². The van der Waals surface area contributed by atoms with Gasteiger partial charge in [0.1, 0.15) is 6.04 Å². The van der Waals surface area contributed by atoms with Crippen LogP contribution in [0.25, 0.3) is 10.9 Å². The number of hydrogen-bond donors (Lipinski definition) is 2. The Bertz CT molecular complexity index is 1030. The first-order valence-corrected chi connectivity index (χ1v) is 8.82. The largest absolute Gasteiger partial charge is 0.416 e. The Hall–Kier alpha value is -3.42. The molecule has 2 amide bonds. The summed E-state index contributed by atoms with van der Waals surface area (Å²) >= 11 is 0. The smallest absolute Gasteiger partial charge is 0.368 e. The van der Waals surface area contributed by atoms with Crippen molar-refractivity contribution in [2.24, 2.45) is 5.73 Å². The lowest BCUT2D eigenvalue weighted by atomic mass is 10.1. The number of para-hydroxylation sites is 1. The molecule has 0 aliphatic carbocycles. The summed E-state index contributed by atoms with van der Waals surface area (Å²) in [6.07, 6.45) is -4.50. The zero-order valence-corrected chi connectivity index (χ0v) is 15.2. The lowest BCUT2D eigenvalue weighted by molar-refractivity contribution is -0.137. The van der Waals surface area contributed by atoms with E-state index in [0.717, 1.165) is 23.0 Å². The fourth-order valence-electron chi connectivity index (χ4n) is 2.90. The van der Waals surface area contributed by atoms with E-state index in [0.29, 0.717) is 11.3 Å². The van der Waals surface area contributed by atoms with Gasteiger partial charge in [-0.3, -0.25) is 14.6 Å².